The van der Waals surface area contributed by atoms with Crippen molar-refractivity contribution in [2.75, 3.05) is 18.6 Å². The Bertz CT molecular complexity index is 1070. The SMILES string of the molecule is COC(=O)N1c2ccc3c(nc(CC4CCCCO4)n3C3CCCC(C(=O)O)C3)c2CC[C@@H]1C. The van der Waals surface area contributed by atoms with Gasteiger partial charge in [0.1, 0.15) is 5.82 Å². The van der Waals surface area contributed by atoms with Crippen LogP contribution in [-0.2, 0) is 27.1 Å². The van der Waals surface area contributed by atoms with E-state index in [1.54, 1.807) is 4.90 Å². The molecule has 2 aliphatic heterocycles. The number of hydrogen-bond donors (Lipinski definition) is 1. The lowest BCUT2D eigenvalue weighted by molar-refractivity contribution is -0.143. The fourth-order valence-corrected chi connectivity index (χ4v) is 6.17. The van der Waals surface area contributed by atoms with Crippen molar-refractivity contribution in [1.82, 2.24) is 9.55 Å². The number of carboxylic acids is 1. The highest BCUT2D eigenvalue weighted by atomic mass is 16.5. The van der Waals surface area contributed by atoms with Crippen LogP contribution in [0.1, 0.15) is 75.7 Å². The van der Waals surface area contributed by atoms with E-state index in [0.717, 1.165) is 92.5 Å². The maximum Gasteiger partial charge on any atom is 0.414 e. The summed E-state index contributed by atoms with van der Waals surface area (Å²) < 4.78 is 13.4. The maximum atomic E-state index is 12.6. The van der Waals surface area contributed by atoms with Crippen molar-refractivity contribution in [3.63, 3.8) is 0 Å². The van der Waals surface area contributed by atoms with Gasteiger partial charge in [-0.3, -0.25) is 9.69 Å². The second-order valence-corrected chi connectivity index (χ2v) is 10.1. The monoisotopic (exact) mass is 469 g/mol. The van der Waals surface area contributed by atoms with Crippen molar-refractivity contribution in [2.45, 2.75) is 89.3 Å². The first-order valence-corrected chi connectivity index (χ1v) is 12.7. The number of rotatable bonds is 4. The zero-order valence-electron chi connectivity index (χ0n) is 20.2. The summed E-state index contributed by atoms with van der Waals surface area (Å²) in [5, 5.41) is 9.69. The van der Waals surface area contributed by atoms with Gasteiger partial charge in [-0.2, -0.15) is 0 Å². The molecule has 3 unspecified atom stereocenters. The van der Waals surface area contributed by atoms with E-state index in [1.807, 2.05) is 13.0 Å². The summed E-state index contributed by atoms with van der Waals surface area (Å²) in [5.74, 6) is -0.0378. The number of hydrogen-bond acceptors (Lipinski definition) is 5. The normalized spacial score (nSPS) is 27.4. The van der Waals surface area contributed by atoms with Crippen LogP contribution in [0.25, 0.3) is 11.0 Å². The highest BCUT2D eigenvalue weighted by molar-refractivity contribution is 5.95. The fraction of sp³-hybridized carbons (Fsp3) is 0.654. The van der Waals surface area contributed by atoms with E-state index in [-0.39, 0.29) is 30.2 Å². The van der Waals surface area contributed by atoms with Crippen molar-refractivity contribution in [3.8, 4) is 0 Å². The Balaban J connectivity index is 1.60. The molecule has 3 heterocycles. The second-order valence-electron chi connectivity index (χ2n) is 10.1. The highest BCUT2D eigenvalue weighted by Crippen LogP contribution is 2.41. The van der Waals surface area contributed by atoms with Crippen LogP contribution in [0.4, 0.5) is 10.5 Å². The van der Waals surface area contributed by atoms with Crippen molar-refractivity contribution < 1.29 is 24.2 Å². The number of benzene rings is 1. The summed E-state index contributed by atoms with van der Waals surface area (Å²) in [6.45, 7) is 2.83. The number of carbonyl (C=O) groups is 2. The summed E-state index contributed by atoms with van der Waals surface area (Å²) in [4.78, 5) is 31.3. The molecule has 1 N–H and O–H groups in total. The molecule has 2 aromatic rings. The van der Waals surface area contributed by atoms with Gasteiger partial charge in [0, 0.05) is 30.7 Å². The standard InChI is InChI=1S/C26H35N3O5/c1-16-9-10-20-21(28(16)26(32)33-2)11-12-22-24(20)27-23(15-19-8-3-4-13-34-19)29(22)18-7-5-6-17(14-18)25(30)31/h11-12,16-19H,3-10,13-15H2,1-2H3,(H,30,31)/t16-,17?,18?,19?/m0/s1. The van der Waals surface area contributed by atoms with Gasteiger partial charge in [0.2, 0.25) is 0 Å². The first kappa shape index (κ1) is 23.1. The van der Waals surface area contributed by atoms with Crippen molar-refractivity contribution in [2.24, 2.45) is 5.92 Å². The number of aliphatic carboxylic acids is 1. The van der Waals surface area contributed by atoms with Crippen LogP contribution in [0.5, 0.6) is 0 Å². The molecule has 8 nitrogen and oxygen atoms in total. The third-order valence-electron chi connectivity index (χ3n) is 7.94. The number of carbonyl (C=O) groups excluding carboxylic acids is 1. The number of ether oxygens (including phenoxy) is 2. The molecule has 0 radical (unpaired) electrons. The number of fused-ring (bicyclic) bond motifs is 3. The Kier molecular flexibility index (Phi) is 6.51. The minimum absolute atomic E-state index is 0.0595. The molecule has 0 bridgehead atoms. The van der Waals surface area contributed by atoms with E-state index < -0.39 is 5.97 Å². The van der Waals surface area contributed by atoms with E-state index in [9.17, 15) is 14.7 Å². The molecule has 2 fully saturated rings. The van der Waals surface area contributed by atoms with Crippen LogP contribution < -0.4 is 4.90 Å². The summed E-state index contributed by atoms with van der Waals surface area (Å²) in [7, 11) is 1.42. The molecule has 1 saturated heterocycles. The molecule has 5 rings (SSSR count). The minimum Gasteiger partial charge on any atom is -0.481 e. The first-order chi connectivity index (χ1) is 16.5. The molecule has 34 heavy (non-hydrogen) atoms. The van der Waals surface area contributed by atoms with Crippen molar-refractivity contribution in [3.05, 3.63) is 23.5 Å². The molecule has 0 spiro atoms. The van der Waals surface area contributed by atoms with Gasteiger partial charge in [0.05, 0.1) is 35.9 Å². The molecule has 4 atom stereocenters. The Morgan fingerprint density at radius 3 is 2.76 bits per heavy atom. The molecule has 1 amide bonds. The molecule has 184 valence electrons. The Morgan fingerprint density at radius 2 is 2.03 bits per heavy atom. The number of amides is 1. The lowest BCUT2D eigenvalue weighted by Crippen LogP contribution is -2.42. The van der Waals surface area contributed by atoms with Gasteiger partial charge in [-0.15, -0.1) is 0 Å². The number of carboxylic acid groups (broad SMARTS) is 1. The predicted octanol–water partition coefficient (Wildman–Crippen LogP) is 4.87. The van der Waals surface area contributed by atoms with Gasteiger partial charge in [-0.25, -0.2) is 9.78 Å². The molecular weight excluding hydrogens is 434 g/mol. The van der Waals surface area contributed by atoms with Crippen molar-refractivity contribution in [1.29, 1.82) is 0 Å². The average molecular weight is 470 g/mol. The lowest BCUT2D eigenvalue weighted by atomic mass is 9.85. The molecule has 3 aliphatic rings. The largest absolute Gasteiger partial charge is 0.481 e. The van der Waals surface area contributed by atoms with Gasteiger partial charge in [-0.1, -0.05) is 6.42 Å². The van der Waals surface area contributed by atoms with Gasteiger partial charge in [-0.05, 0) is 70.4 Å². The zero-order chi connectivity index (χ0) is 23.8. The van der Waals surface area contributed by atoms with Gasteiger partial charge < -0.3 is 19.1 Å². The van der Waals surface area contributed by atoms with E-state index in [2.05, 4.69) is 10.6 Å². The molecule has 1 aromatic carbocycles. The van der Waals surface area contributed by atoms with E-state index in [4.69, 9.17) is 14.5 Å². The molecule has 8 heteroatoms. The van der Waals surface area contributed by atoms with Crippen molar-refractivity contribution >= 4 is 28.8 Å². The van der Waals surface area contributed by atoms with Crippen LogP contribution in [0.15, 0.2) is 12.1 Å². The lowest BCUT2D eigenvalue weighted by Gasteiger charge is -2.34. The smallest absolute Gasteiger partial charge is 0.414 e. The first-order valence-electron chi connectivity index (χ1n) is 12.7. The maximum absolute atomic E-state index is 12.6. The predicted molar refractivity (Wildman–Crippen MR) is 128 cm³/mol. The second kappa shape index (κ2) is 9.56. The number of nitrogens with zero attached hydrogens (tertiary/aromatic N) is 3. The quantitative estimate of drug-likeness (QED) is 0.687. The number of aromatic nitrogens is 2. The van der Waals surface area contributed by atoms with Crippen LogP contribution in [0, 0.1) is 5.92 Å². The fourth-order valence-electron chi connectivity index (χ4n) is 6.17. The average Bonchev–Trinajstić information content (AvgIpc) is 3.22. The Morgan fingerprint density at radius 1 is 1.18 bits per heavy atom. The van der Waals surface area contributed by atoms with E-state index >= 15 is 0 Å². The third-order valence-corrected chi connectivity index (χ3v) is 7.94. The van der Waals surface area contributed by atoms with Crippen LogP contribution in [0.2, 0.25) is 0 Å². The number of methoxy groups -OCH3 is 1. The Labute approximate surface area is 200 Å². The summed E-state index contributed by atoms with van der Waals surface area (Å²) in [6.07, 6.45) is 8.73. The Hall–Kier alpha value is -2.61. The van der Waals surface area contributed by atoms with Gasteiger partial charge in [0.15, 0.2) is 0 Å². The van der Waals surface area contributed by atoms with Crippen LogP contribution >= 0.6 is 0 Å². The number of anilines is 1. The summed E-state index contributed by atoms with van der Waals surface area (Å²) >= 11 is 0. The number of aryl methyl sites for hydroxylation is 1. The van der Waals surface area contributed by atoms with Gasteiger partial charge in [0.25, 0.3) is 0 Å². The third kappa shape index (κ3) is 4.17. The summed E-state index contributed by atoms with van der Waals surface area (Å²) in [5.41, 5.74) is 3.92. The molecule has 1 aromatic heterocycles. The molecule has 1 saturated carbocycles. The topological polar surface area (TPSA) is 93.9 Å². The van der Waals surface area contributed by atoms with Gasteiger partial charge >= 0.3 is 12.1 Å². The van der Waals surface area contributed by atoms with Crippen LogP contribution in [0.3, 0.4) is 0 Å². The highest BCUT2D eigenvalue weighted by Gasteiger charge is 2.34. The number of imidazole rings is 1. The van der Waals surface area contributed by atoms with E-state index in [0.29, 0.717) is 6.42 Å². The zero-order valence-corrected chi connectivity index (χ0v) is 20.2. The van der Waals surface area contributed by atoms with E-state index in [1.165, 1.54) is 7.11 Å². The summed E-state index contributed by atoms with van der Waals surface area (Å²) in [6, 6.07) is 4.24. The minimum atomic E-state index is -0.702. The molecular formula is C26H35N3O5. The molecule has 1 aliphatic carbocycles. The van der Waals surface area contributed by atoms with Crippen LogP contribution in [-0.4, -0.2) is 52.6 Å².